The topological polar surface area (TPSA) is 57.8 Å². The van der Waals surface area contributed by atoms with Gasteiger partial charge in [0.1, 0.15) is 5.65 Å². The van der Waals surface area contributed by atoms with Crippen molar-refractivity contribution in [1.29, 1.82) is 0 Å². The van der Waals surface area contributed by atoms with E-state index < -0.39 is 5.60 Å². The fourth-order valence-electron chi connectivity index (χ4n) is 3.08. The average molecular weight is 287 g/mol. The summed E-state index contributed by atoms with van der Waals surface area (Å²) < 4.78 is 1.91. The third-order valence-electron chi connectivity index (χ3n) is 4.24. The molecule has 0 aliphatic heterocycles. The fourth-order valence-corrected chi connectivity index (χ4v) is 3.08. The van der Waals surface area contributed by atoms with Crippen molar-refractivity contribution >= 4 is 11.6 Å². The van der Waals surface area contributed by atoms with E-state index in [9.17, 15) is 9.90 Å². The Morgan fingerprint density at radius 2 is 2.19 bits per heavy atom. The molecule has 0 aromatic carbocycles. The summed E-state index contributed by atoms with van der Waals surface area (Å²) in [7, 11) is 1.76. The van der Waals surface area contributed by atoms with Gasteiger partial charge in [0, 0.05) is 26.0 Å². The van der Waals surface area contributed by atoms with Crippen LogP contribution in [0.5, 0.6) is 0 Å². The van der Waals surface area contributed by atoms with Crippen LogP contribution < -0.4 is 0 Å². The Kier molecular flexibility index (Phi) is 3.68. The van der Waals surface area contributed by atoms with Crippen molar-refractivity contribution in [2.24, 2.45) is 0 Å². The zero-order valence-electron chi connectivity index (χ0n) is 12.3. The van der Waals surface area contributed by atoms with Crippen LogP contribution in [0.4, 0.5) is 0 Å². The Labute approximate surface area is 124 Å². The van der Waals surface area contributed by atoms with Crippen molar-refractivity contribution in [3.63, 3.8) is 0 Å². The van der Waals surface area contributed by atoms with E-state index in [1.165, 1.54) is 0 Å². The number of fused-ring (bicyclic) bond motifs is 1. The number of hydrogen-bond acceptors (Lipinski definition) is 3. The summed E-state index contributed by atoms with van der Waals surface area (Å²) in [5.41, 5.74) is 0.914. The molecule has 1 N–H and O–H groups in total. The third-order valence-corrected chi connectivity index (χ3v) is 4.24. The van der Waals surface area contributed by atoms with Gasteiger partial charge in [0.2, 0.25) is 5.91 Å². The van der Waals surface area contributed by atoms with Crippen molar-refractivity contribution in [2.75, 3.05) is 13.6 Å². The molecule has 0 saturated heterocycles. The second kappa shape index (κ2) is 5.48. The zero-order valence-corrected chi connectivity index (χ0v) is 12.3. The van der Waals surface area contributed by atoms with Crippen LogP contribution in [0.2, 0.25) is 0 Å². The van der Waals surface area contributed by atoms with Gasteiger partial charge < -0.3 is 14.4 Å². The van der Waals surface area contributed by atoms with E-state index in [1.54, 1.807) is 11.9 Å². The largest absolute Gasteiger partial charge is 0.388 e. The number of hydrogen-bond donors (Lipinski definition) is 1. The molecular weight excluding hydrogens is 266 g/mol. The van der Waals surface area contributed by atoms with E-state index >= 15 is 0 Å². The molecule has 112 valence electrons. The lowest BCUT2D eigenvalue weighted by Crippen LogP contribution is -2.42. The molecule has 2 aromatic rings. The molecule has 2 heterocycles. The Hall–Kier alpha value is -1.88. The molecule has 0 bridgehead atoms. The highest BCUT2D eigenvalue weighted by atomic mass is 16.3. The van der Waals surface area contributed by atoms with Gasteiger partial charge in [-0.1, -0.05) is 18.9 Å². The van der Waals surface area contributed by atoms with Crippen LogP contribution >= 0.6 is 0 Å². The van der Waals surface area contributed by atoms with Crippen molar-refractivity contribution in [1.82, 2.24) is 14.3 Å². The maximum Gasteiger partial charge on any atom is 0.228 e. The molecule has 1 aliphatic rings. The number of nitrogens with zero attached hydrogens (tertiary/aromatic N) is 3. The van der Waals surface area contributed by atoms with Gasteiger partial charge in [0.15, 0.2) is 0 Å². The molecule has 1 aliphatic carbocycles. The molecule has 1 amide bonds. The number of carbonyl (C=O) groups is 1. The number of carbonyl (C=O) groups excluding carboxylic acids is 1. The van der Waals surface area contributed by atoms with Gasteiger partial charge in [-0.15, -0.1) is 0 Å². The Bertz CT molecular complexity index is 611. The number of imidazole rings is 1. The molecule has 5 heteroatoms. The van der Waals surface area contributed by atoms with E-state index in [4.69, 9.17) is 0 Å². The van der Waals surface area contributed by atoms with Crippen LogP contribution in [0.25, 0.3) is 5.65 Å². The molecule has 21 heavy (non-hydrogen) atoms. The van der Waals surface area contributed by atoms with Gasteiger partial charge in [-0.25, -0.2) is 4.98 Å². The summed E-state index contributed by atoms with van der Waals surface area (Å²) in [5.74, 6) is -0.00117. The van der Waals surface area contributed by atoms with Crippen molar-refractivity contribution in [3.8, 4) is 0 Å². The average Bonchev–Trinajstić information content (AvgIpc) is 3.04. The van der Waals surface area contributed by atoms with Crippen molar-refractivity contribution in [2.45, 2.75) is 37.7 Å². The summed E-state index contributed by atoms with van der Waals surface area (Å²) in [4.78, 5) is 18.4. The summed E-state index contributed by atoms with van der Waals surface area (Å²) >= 11 is 0. The molecule has 0 spiro atoms. The fraction of sp³-hybridized carbons (Fsp3) is 0.500. The third kappa shape index (κ3) is 3.08. The lowest BCUT2D eigenvalue weighted by atomic mass is 10.0. The first kappa shape index (κ1) is 14.1. The van der Waals surface area contributed by atoms with Crippen molar-refractivity contribution < 1.29 is 9.90 Å². The van der Waals surface area contributed by atoms with Crippen LogP contribution in [-0.4, -0.2) is 44.5 Å². The SMILES string of the molecule is CN(CC1(O)CCCC1)C(=O)Cc1cn2ccccc2n1. The summed E-state index contributed by atoms with van der Waals surface area (Å²) in [6, 6.07) is 5.77. The molecule has 0 radical (unpaired) electrons. The molecule has 1 saturated carbocycles. The van der Waals surface area contributed by atoms with Gasteiger partial charge in [-0.05, 0) is 25.0 Å². The van der Waals surface area contributed by atoms with E-state index in [0.29, 0.717) is 6.54 Å². The Morgan fingerprint density at radius 1 is 1.43 bits per heavy atom. The second-order valence-electron chi connectivity index (χ2n) is 6.06. The highest BCUT2D eigenvalue weighted by Gasteiger charge is 2.33. The van der Waals surface area contributed by atoms with Crippen molar-refractivity contribution in [3.05, 3.63) is 36.3 Å². The molecule has 0 atom stereocenters. The number of pyridine rings is 1. The normalized spacial score (nSPS) is 17.2. The van der Waals surface area contributed by atoms with Crippen LogP contribution in [0.3, 0.4) is 0 Å². The molecule has 0 unspecified atom stereocenters. The predicted molar refractivity (Wildman–Crippen MR) is 80.0 cm³/mol. The summed E-state index contributed by atoms with van der Waals surface area (Å²) in [6.45, 7) is 0.416. The standard InChI is InChI=1S/C16H21N3O2/c1-18(12-16(21)7-3-4-8-16)15(20)10-13-11-19-9-5-2-6-14(19)17-13/h2,5-6,9,11,21H,3-4,7-8,10,12H2,1H3. The maximum atomic E-state index is 12.3. The van der Waals surface area contributed by atoms with E-state index in [1.807, 2.05) is 35.0 Å². The first-order valence-corrected chi connectivity index (χ1v) is 7.45. The predicted octanol–water partition coefficient (Wildman–Crippen LogP) is 1.64. The van der Waals surface area contributed by atoms with Gasteiger partial charge in [0.25, 0.3) is 0 Å². The molecule has 2 aromatic heterocycles. The Morgan fingerprint density at radius 3 is 2.90 bits per heavy atom. The van der Waals surface area contributed by atoms with E-state index in [2.05, 4.69) is 4.98 Å². The minimum atomic E-state index is -0.691. The van der Waals surface area contributed by atoms with Crippen LogP contribution in [-0.2, 0) is 11.2 Å². The number of rotatable bonds is 4. The number of likely N-dealkylation sites (N-methyl/N-ethyl adjacent to an activating group) is 1. The molecule has 3 rings (SSSR count). The summed E-state index contributed by atoms with van der Waals surface area (Å²) in [5, 5.41) is 10.4. The molecule has 1 fully saturated rings. The van der Waals surface area contributed by atoms with Crippen LogP contribution in [0, 0.1) is 0 Å². The highest BCUT2D eigenvalue weighted by molar-refractivity contribution is 5.78. The first-order chi connectivity index (χ1) is 10.1. The number of amides is 1. The van der Waals surface area contributed by atoms with Gasteiger partial charge in [0.05, 0.1) is 17.7 Å². The highest BCUT2D eigenvalue weighted by Crippen LogP contribution is 2.30. The Balaban J connectivity index is 1.65. The van der Waals surface area contributed by atoms with E-state index in [-0.39, 0.29) is 12.3 Å². The van der Waals surface area contributed by atoms with Crippen LogP contribution in [0.15, 0.2) is 30.6 Å². The lowest BCUT2D eigenvalue weighted by molar-refractivity contribution is -0.132. The lowest BCUT2D eigenvalue weighted by Gasteiger charge is -2.28. The smallest absolute Gasteiger partial charge is 0.228 e. The molecular formula is C16H21N3O2. The van der Waals surface area contributed by atoms with Crippen LogP contribution in [0.1, 0.15) is 31.4 Å². The number of aliphatic hydroxyl groups is 1. The van der Waals surface area contributed by atoms with Gasteiger partial charge in [-0.2, -0.15) is 0 Å². The second-order valence-corrected chi connectivity index (χ2v) is 6.06. The number of aromatic nitrogens is 2. The maximum absolute atomic E-state index is 12.3. The first-order valence-electron chi connectivity index (χ1n) is 7.45. The van der Waals surface area contributed by atoms with Gasteiger partial charge >= 0.3 is 0 Å². The molecule has 5 nitrogen and oxygen atoms in total. The summed E-state index contributed by atoms with van der Waals surface area (Å²) in [6.07, 6.45) is 7.74. The zero-order chi connectivity index (χ0) is 14.9. The monoisotopic (exact) mass is 287 g/mol. The van der Waals surface area contributed by atoms with Gasteiger partial charge in [-0.3, -0.25) is 4.79 Å². The minimum Gasteiger partial charge on any atom is -0.388 e. The minimum absolute atomic E-state index is 0.00117. The van der Waals surface area contributed by atoms with E-state index in [0.717, 1.165) is 37.0 Å². The quantitative estimate of drug-likeness (QED) is 0.930.